The maximum atomic E-state index is 7.07. The van der Waals surface area contributed by atoms with Crippen molar-refractivity contribution >= 4 is 34.4 Å². The summed E-state index contributed by atoms with van der Waals surface area (Å²) in [6.07, 6.45) is 5.61. The highest BCUT2D eigenvalue weighted by atomic mass is 16.7. The number of nitrogens with zero attached hydrogens (tertiary/aromatic N) is 1. The smallest absolute Gasteiger partial charge is 0.463 e. The minimum absolute atomic E-state index is 0.132. The highest BCUT2D eigenvalue weighted by molar-refractivity contribution is 6.63. The fourth-order valence-corrected chi connectivity index (χ4v) is 7.64. The molecule has 0 aliphatic carbocycles. The Morgan fingerprint density at radius 1 is 0.809 bits per heavy atom. The number of aryl methyl sites for hydroxylation is 2. The van der Waals surface area contributed by atoms with Crippen molar-refractivity contribution in [3.8, 4) is 11.4 Å². The standard InChI is InChI=1S/C41H56BNO4/c1-12-27-17-19-30-31-20-18-28(13-2)23-34(31)43(33(30)22-27)35-25-29(39(6,7)26-38(3,4)5)24-32(37(35)45-36-16-14-15-21-44-36)42-46-40(8,9)41(10,11)47-42/h17-20,22-25,36H,12-16,21,26H2,1-11H3. The van der Waals surface area contributed by atoms with Gasteiger partial charge in [0.2, 0.25) is 0 Å². The second-order valence-corrected chi connectivity index (χ2v) is 16.8. The van der Waals surface area contributed by atoms with E-state index in [-0.39, 0.29) is 17.1 Å². The summed E-state index contributed by atoms with van der Waals surface area (Å²) in [5.74, 6) is 0.785. The number of rotatable bonds is 8. The molecule has 4 aromatic rings. The molecule has 2 aliphatic rings. The van der Waals surface area contributed by atoms with Crippen LogP contribution in [0.2, 0.25) is 0 Å². The van der Waals surface area contributed by atoms with Gasteiger partial charge in [0.05, 0.1) is 34.5 Å². The zero-order valence-corrected chi connectivity index (χ0v) is 30.8. The third-order valence-corrected chi connectivity index (χ3v) is 10.7. The van der Waals surface area contributed by atoms with Crippen molar-refractivity contribution in [2.45, 2.75) is 138 Å². The summed E-state index contributed by atoms with van der Waals surface area (Å²) in [7, 11) is -0.590. The van der Waals surface area contributed by atoms with E-state index >= 15 is 0 Å². The topological polar surface area (TPSA) is 41.9 Å². The van der Waals surface area contributed by atoms with Gasteiger partial charge in [-0.2, -0.15) is 0 Å². The first-order valence-electron chi connectivity index (χ1n) is 17.9. The van der Waals surface area contributed by atoms with Gasteiger partial charge >= 0.3 is 7.12 Å². The molecule has 2 fully saturated rings. The van der Waals surface area contributed by atoms with E-state index in [4.69, 9.17) is 18.8 Å². The second-order valence-electron chi connectivity index (χ2n) is 16.8. The van der Waals surface area contributed by atoms with Crippen molar-refractivity contribution in [3.05, 3.63) is 65.2 Å². The predicted molar refractivity (Wildman–Crippen MR) is 197 cm³/mol. The van der Waals surface area contributed by atoms with Gasteiger partial charge in [0, 0.05) is 22.7 Å². The second kappa shape index (κ2) is 12.3. The van der Waals surface area contributed by atoms with Gasteiger partial charge in [-0.15, -0.1) is 0 Å². The third kappa shape index (κ3) is 6.50. The first kappa shape index (κ1) is 34.1. The molecule has 3 heterocycles. The van der Waals surface area contributed by atoms with Crippen LogP contribution in [0.5, 0.6) is 5.75 Å². The van der Waals surface area contributed by atoms with E-state index in [0.717, 1.165) is 55.4 Å². The lowest BCUT2D eigenvalue weighted by Crippen LogP contribution is -2.41. The lowest BCUT2D eigenvalue weighted by molar-refractivity contribution is -0.105. The van der Waals surface area contributed by atoms with Crippen LogP contribution in [0.25, 0.3) is 27.5 Å². The Kier molecular flexibility index (Phi) is 8.90. The molecule has 0 spiro atoms. The molecule has 0 amide bonds. The number of aromatic nitrogens is 1. The van der Waals surface area contributed by atoms with Crippen molar-refractivity contribution in [1.82, 2.24) is 4.57 Å². The minimum Gasteiger partial charge on any atom is -0.463 e. The van der Waals surface area contributed by atoms with Crippen LogP contribution < -0.4 is 10.2 Å². The van der Waals surface area contributed by atoms with Crippen molar-refractivity contribution < 1.29 is 18.8 Å². The summed E-state index contributed by atoms with van der Waals surface area (Å²) in [6.45, 7) is 25.4. The summed E-state index contributed by atoms with van der Waals surface area (Å²) >= 11 is 0. The maximum Gasteiger partial charge on any atom is 0.498 e. The fraction of sp³-hybridized carbons (Fsp3) is 0.561. The maximum absolute atomic E-state index is 7.07. The number of ether oxygens (including phenoxy) is 2. The summed E-state index contributed by atoms with van der Waals surface area (Å²) < 4.78 is 29.4. The van der Waals surface area contributed by atoms with Crippen molar-refractivity contribution in [1.29, 1.82) is 0 Å². The Hall–Kier alpha value is -2.80. The monoisotopic (exact) mass is 637 g/mol. The van der Waals surface area contributed by atoms with Gasteiger partial charge in [-0.05, 0) is 106 Å². The molecule has 6 heteroatoms. The van der Waals surface area contributed by atoms with Crippen LogP contribution in [-0.2, 0) is 32.3 Å². The van der Waals surface area contributed by atoms with Gasteiger partial charge in [0.1, 0.15) is 5.75 Å². The Labute approximate surface area is 283 Å². The van der Waals surface area contributed by atoms with Crippen molar-refractivity contribution in [2.24, 2.45) is 5.41 Å². The molecular weight excluding hydrogens is 581 g/mol. The fourth-order valence-electron chi connectivity index (χ4n) is 7.64. The summed E-state index contributed by atoms with van der Waals surface area (Å²) in [4.78, 5) is 0. The lowest BCUT2D eigenvalue weighted by Gasteiger charge is -2.35. The average Bonchev–Trinajstić information content (AvgIpc) is 3.43. The van der Waals surface area contributed by atoms with E-state index in [0.29, 0.717) is 6.61 Å². The number of benzene rings is 3. The third-order valence-electron chi connectivity index (χ3n) is 10.7. The molecule has 47 heavy (non-hydrogen) atoms. The molecule has 2 saturated heterocycles. The molecule has 2 aliphatic heterocycles. The van der Waals surface area contributed by atoms with Crippen LogP contribution in [-0.4, -0.2) is 35.8 Å². The van der Waals surface area contributed by atoms with E-state index in [1.165, 1.54) is 38.5 Å². The molecule has 3 aromatic carbocycles. The van der Waals surface area contributed by atoms with Gasteiger partial charge < -0.3 is 23.3 Å². The molecule has 6 rings (SSSR count). The van der Waals surface area contributed by atoms with E-state index < -0.39 is 18.3 Å². The molecule has 5 nitrogen and oxygen atoms in total. The Morgan fingerprint density at radius 2 is 1.38 bits per heavy atom. The van der Waals surface area contributed by atoms with Gasteiger partial charge in [-0.25, -0.2) is 0 Å². The molecule has 1 unspecified atom stereocenters. The van der Waals surface area contributed by atoms with Gasteiger partial charge in [-0.1, -0.05) is 78.8 Å². The highest BCUT2D eigenvalue weighted by Crippen LogP contribution is 2.44. The van der Waals surface area contributed by atoms with Gasteiger partial charge in [0.25, 0.3) is 0 Å². The Morgan fingerprint density at radius 3 is 1.87 bits per heavy atom. The molecule has 252 valence electrons. The van der Waals surface area contributed by atoms with Crippen LogP contribution in [0.4, 0.5) is 0 Å². The molecule has 0 radical (unpaired) electrons. The predicted octanol–water partition coefficient (Wildman–Crippen LogP) is 9.83. The normalized spacial score (nSPS) is 20.0. The van der Waals surface area contributed by atoms with Crippen LogP contribution in [0.3, 0.4) is 0 Å². The molecule has 1 atom stereocenters. The molecular formula is C41H56BNO4. The van der Waals surface area contributed by atoms with Crippen LogP contribution in [0, 0.1) is 5.41 Å². The minimum atomic E-state index is -0.590. The van der Waals surface area contributed by atoms with Crippen molar-refractivity contribution in [2.75, 3.05) is 6.61 Å². The van der Waals surface area contributed by atoms with E-state index in [1.54, 1.807) is 0 Å². The van der Waals surface area contributed by atoms with Crippen LogP contribution in [0.1, 0.15) is 119 Å². The van der Waals surface area contributed by atoms with Crippen LogP contribution in [0.15, 0.2) is 48.5 Å². The molecule has 0 N–H and O–H groups in total. The SMILES string of the molecule is CCc1ccc2c3ccc(CC)cc3n(-c3cc(C(C)(C)CC(C)(C)C)cc(B4OC(C)(C)C(C)(C)O4)c3OC3CCCCO3)c2c1. The zero-order valence-electron chi connectivity index (χ0n) is 30.8. The average molecular weight is 638 g/mol. The number of fused-ring (bicyclic) bond motifs is 3. The highest BCUT2D eigenvalue weighted by Gasteiger charge is 2.53. The Bertz CT molecular complexity index is 1690. The zero-order chi connectivity index (χ0) is 33.9. The number of hydrogen-bond donors (Lipinski definition) is 0. The van der Waals surface area contributed by atoms with E-state index in [9.17, 15) is 0 Å². The molecule has 0 bridgehead atoms. The summed E-state index contributed by atoms with van der Waals surface area (Å²) in [5, 5.41) is 2.49. The summed E-state index contributed by atoms with van der Waals surface area (Å²) in [6, 6.07) is 18.6. The van der Waals surface area contributed by atoms with E-state index in [2.05, 4.69) is 129 Å². The largest absolute Gasteiger partial charge is 0.498 e. The van der Waals surface area contributed by atoms with Gasteiger partial charge in [0.15, 0.2) is 6.29 Å². The number of hydrogen-bond acceptors (Lipinski definition) is 4. The van der Waals surface area contributed by atoms with E-state index in [1.807, 2.05) is 0 Å². The molecule has 1 aromatic heterocycles. The first-order valence-corrected chi connectivity index (χ1v) is 17.9. The quantitative estimate of drug-likeness (QED) is 0.180. The van der Waals surface area contributed by atoms with Crippen LogP contribution >= 0.6 is 0 Å². The summed E-state index contributed by atoms with van der Waals surface area (Å²) in [5.41, 5.74) is 7.21. The molecule has 0 saturated carbocycles. The first-order chi connectivity index (χ1) is 22.0. The Balaban J connectivity index is 1.72. The lowest BCUT2D eigenvalue weighted by atomic mass is 9.69. The van der Waals surface area contributed by atoms with Gasteiger partial charge in [-0.3, -0.25) is 0 Å². The van der Waals surface area contributed by atoms with Crippen molar-refractivity contribution in [3.63, 3.8) is 0 Å².